The zero-order valence-corrected chi connectivity index (χ0v) is 16.6. The Morgan fingerprint density at radius 3 is 2.60 bits per heavy atom. The van der Waals surface area contributed by atoms with E-state index in [4.69, 9.17) is 9.47 Å². The summed E-state index contributed by atoms with van der Waals surface area (Å²) in [5.74, 6) is 0.181. The fourth-order valence-corrected chi connectivity index (χ4v) is 3.73. The number of carbonyl (C=O) groups is 3. The molecular formula is C22H23N3O5. The molecule has 1 spiro atoms. The highest BCUT2D eigenvalue weighted by molar-refractivity contribution is 6.07. The van der Waals surface area contributed by atoms with E-state index in [1.807, 2.05) is 0 Å². The predicted octanol–water partition coefficient (Wildman–Crippen LogP) is 2.55. The highest BCUT2D eigenvalue weighted by atomic mass is 16.5. The van der Waals surface area contributed by atoms with Crippen molar-refractivity contribution in [3.8, 4) is 5.75 Å². The molecule has 4 rings (SSSR count). The Bertz CT molecular complexity index is 967. The molecule has 0 unspecified atom stereocenters. The van der Waals surface area contributed by atoms with Crippen LogP contribution in [0.5, 0.6) is 5.75 Å². The fraction of sp³-hybridized carbons (Fsp3) is 0.318. The van der Waals surface area contributed by atoms with E-state index >= 15 is 0 Å². The molecule has 0 bridgehead atoms. The Labute approximate surface area is 174 Å². The fourth-order valence-electron chi connectivity index (χ4n) is 3.73. The van der Waals surface area contributed by atoms with E-state index in [2.05, 4.69) is 10.6 Å². The van der Waals surface area contributed by atoms with Gasteiger partial charge in [0.25, 0.3) is 11.8 Å². The molecule has 4 amide bonds. The molecule has 2 fully saturated rings. The van der Waals surface area contributed by atoms with Crippen molar-refractivity contribution < 1.29 is 23.9 Å². The first-order valence-electron chi connectivity index (χ1n) is 9.77. The zero-order chi connectivity index (χ0) is 21.1. The summed E-state index contributed by atoms with van der Waals surface area (Å²) in [5.41, 5.74) is 1.02. The van der Waals surface area contributed by atoms with Gasteiger partial charge in [0.15, 0.2) is 0 Å². The van der Waals surface area contributed by atoms with Crippen molar-refractivity contribution in [2.75, 3.05) is 25.6 Å². The largest absolute Gasteiger partial charge is 0.497 e. The lowest BCUT2D eigenvalue weighted by Gasteiger charge is -2.30. The Hall–Kier alpha value is -3.39. The monoisotopic (exact) mass is 409 g/mol. The summed E-state index contributed by atoms with van der Waals surface area (Å²) in [7, 11) is 1.56. The van der Waals surface area contributed by atoms with Crippen LogP contribution in [0.25, 0.3) is 0 Å². The van der Waals surface area contributed by atoms with Crippen molar-refractivity contribution in [2.24, 2.45) is 0 Å². The quantitative estimate of drug-likeness (QED) is 0.740. The number of benzene rings is 2. The second-order valence-corrected chi connectivity index (χ2v) is 7.40. The van der Waals surface area contributed by atoms with Crippen molar-refractivity contribution in [1.29, 1.82) is 0 Å². The van der Waals surface area contributed by atoms with Crippen LogP contribution in [0.15, 0.2) is 48.5 Å². The summed E-state index contributed by atoms with van der Waals surface area (Å²) < 4.78 is 10.5. The van der Waals surface area contributed by atoms with E-state index in [-0.39, 0.29) is 24.4 Å². The minimum absolute atomic E-state index is 0.158. The molecule has 30 heavy (non-hydrogen) atoms. The number of nitrogens with zero attached hydrogens (tertiary/aromatic N) is 1. The Balaban J connectivity index is 1.41. The lowest BCUT2D eigenvalue weighted by Crippen LogP contribution is -2.51. The van der Waals surface area contributed by atoms with E-state index in [9.17, 15) is 14.4 Å². The topological polar surface area (TPSA) is 97.0 Å². The molecule has 0 radical (unpaired) electrons. The number of methoxy groups -OCH3 is 1. The van der Waals surface area contributed by atoms with E-state index < -0.39 is 5.54 Å². The van der Waals surface area contributed by atoms with Gasteiger partial charge < -0.3 is 20.1 Å². The smallest absolute Gasteiger partial charge is 0.325 e. The number of hydrogen-bond donors (Lipinski definition) is 2. The molecule has 2 aliphatic heterocycles. The molecule has 8 heteroatoms. The second-order valence-electron chi connectivity index (χ2n) is 7.40. The SMILES string of the molecule is COc1cccc(NC(=O)c2ccc(CN3C(=O)NC4(CCOCC4)C3=O)cc2)c1. The van der Waals surface area contributed by atoms with Gasteiger partial charge in [0.2, 0.25) is 0 Å². The molecule has 0 aliphatic carbocycles. The molecule has 156 valence electrons. The third kappa shape index (κ3) is 3.86. The highest BCUT2D eigenvalue weighted by Gasteiger charge is 2.51. The van der Waals surface area contributed by atoms with Gasteiger partial charge in [0.1, 0.15) is 11.3 Å². The second kappa shape index (κ2) is 8.16. The minimum atomic E-state index is -0.841. The molecular weight excluding hydrogens is 386 g/mol. The summed E-state index contributed by atoms with van der Waals surface area (Å²) in [6.07, 6.45) is 0.967. The minimum Gasteiger partial charge on any atom is -0.497 e. The van der Waals surface area contributed by atoms with Crippen LogP contribution in [-0.2, 0) is 16.1 Å². The molecule has 0 atom stereocenters. The number of hydrogen-bond acceptors (Lipinski definition) is 5. The summed E-state index contributed by atoms with van der Waals surface area (Å²) in [5, 5.41) is 5.66. The normalized spacial score (nSPS) is 17.7. The number of imide groups is 1. The maximum atomic E-state index is 12.8. The van der Waals surface area contributed by atoms with Crippen LogP contribution >= 0.6 is 0 Å². The molecule has 2 aromatic rings. The number of carbonyl (C=O) groups excluding carboxylic acids is 3. The van der Waals surface area contributed by atoms with Gasteiger partial charge in [-0.25, -0.2) is 4.79 Å². The zero-order valence-electron chi connectivity index (χ0n) is 16.6. The van der Waals surface area contributed by atoms with Gasteiger partial charge in [-0.2, -0.15) is 0 Å². The van der Waals surface area contributed by atoms with E-state index in [0.717, 1.165) is 5.56 Å². The van der Waals surface area contributed by atoms with Crippen LogP contribution in [0.2, 0.25) is 0 Å². The van der Waals surface area contributed by atoms with Crippen LogP contribution in [0.1, 0.15) is 28.8 Å². The number of rotatable bonds is 5. The molecule has 2 saturated heterocycles. The van der Waals surface area contributed by atoms with Crippen molar-refractivity contribution in [2.45, 2.75) is 24.9 Å². The summed E-state index contributed by atoms with van der Waals surface area (Å²) in [6.45, 7) is 1.07. The van der Waals surface area contributed by atoms with Gasteiger partial charge in [-0.3, -0.25) is 14.5 Å². The summed E-state index contributed by atoms with van der Waals surface area (Å²) in [6, 6.07) is 13.6. The predicted molar refractivity (Wildman–Crippen MR) is 109 cm³/mol. The van der Waals surface area contributed by atoms with Gasteiger partial charge in [0.05, 0.1) is 13.7 Å². The molecule has 0 saturated carbocycles. The Morgan fingerprint density at radius 2 is 1.90 bits per heavy atom. The summed E-state index contributed by atoms with van der Waals surface area (Å²) >= 11 is 0. The first-order chi connectivity index (χ1) is 14.5. The standard InChI is InChI=1S/C22H23N3O5/c1-29-18-4-2-3-17(13-18)23-19(26)16-7-5-15(6-8-16)14-25-20(27)22(24-21(25)28)9-11-30-12-10-22/h2-8,13H,9-12,14H2,1H3,(H,23,26)(H,24,28). The maximum Gasteiger partial charge on any atom is 0.325 e. The lowest BCUT2D eigenvalue weighted by molar-refractivity contribution is -0.134. The van der Waals surface area contributed by atoms with Gasteiger partial charge in [0, 0.05) is 43.4 Å². The van der Waals surface area contributed by atoms with Crippen molar-refractivity contribution in [1.82, 2.24) is 10.2 Å². The van der Waals surface area contributed by atoms with Crippen LogP contribution in [0.3, 0.4) is 0 Å². The van der Waals surface area contributed by atoms with Crippen molar-refractivity contribution >= 4 is 23.5 Å². The Morgan fingerprint density at radius 1 is 1.17 bits per heavy atom. The van der Waals surface area contributed by atoms with Crippen LogP contribution in [-0.4, -0.2) is 48.6 Å². The van der Waals surface area contributed by atoms with Crippen molar-refractivity contribution in [3.63, 3.8) is 0 Å². The van der Waals surface area contributed by atoms with Crippen molar-refractivity contribution in [3.05, 3.63) is 59.7 Å². The molecule has 2 aromatic carbocycles. The third-order valence-corrected chi connectivity index (χ3v) is 5.48. The first kappa shape index (κ1) is 19.9. The molecule has 8 nitrogen and oxygen atoms in total. The average Bonchev–Trinajstić information content (AvgIpc) is 2.98. The third-order valence-electron chi connectivity index (χ3n) is 5.48. The van der Waals surface area contributed by atoms with E-state index in [1.54, 1.807) is 55.6 Å². The molecule has 0 aromatic heterocycles. The molecule has 2 N–H and O–H groups in total. The number of urea groups is 1. The highest BCUT2D eigenvalue weighted by Crippen LogP contribution is 2.29. The molecule has 2 heterocycles. The molecule has 2 aliphatic rings. The van der Waals surface area contributed by atoms with E-state index in [0.29, 0.717) is 43.1 Å². The van der Waals surface area contributed by atoms with Gasteiger partial charge >= 0.3 is 6.03 Å². The number of nitrogens with one attached hydrogen (secondary N) is 2. The lowest BCUT2D eigenvalue weighted by atomic mass is 9.90. The van der Waals surface area contributed by atoms with Crippen LogP contribution < -0.4 is 15.4 Å². The van der Waals surface area contributed by atoms with Crippen LogP contribution in [0, 0.1) is 0 Å². The van der Waals surface area contributed by atoms with E-state index in [1.165, 1.54) is 4.90 Å². The van der Waals surface area contributed by atoms with Gasteiger partial charge in [-0.1, -0.05) is 18.2 Å². The summed E-state index contributed by atoms with van der Waals surface area (Å²) in [4.78, 5) is 38.9. The average molecular weight is 409 g/mol. The van der Waals surface area contributed by atoms with Gasteiger partial charge in [-0.05, 0) is 29.8 Å². The maximum absolute atomic E-state index is 12.8. The van der Waals surface area contributed by atoms with Crippen LogP contribution in [0.4, 0.5) is 10.5 Å². The number of amides is 4. The van der Waals surface area contributed by atoms with Gasteiger partial charge in [-0.15, -0.1) is 0 Å². The first-order valence-corrected chi connectivity index (χ1v) is 9.77. The number of anilines is 1. The Kier molecular flexibility index (Phi) is 5.41. The number of ether oxygens (including phenoxy) is 2.